The Morgan fingerprint density at radius 1 is 0.458 bits per heavy atom. The van der Waals surface area contributed by atoms with Crippen LogP contribution < -0.4 is 9.08 Å². The molecule has 4 nitrogen and oxygen atoms in total. The largest absolute Gasteiger partial charge is 0.534 e. The summed E-state index contributed by atoms with van der Waals surface area (Å²) in [6.45, 7) is 0. The van der Waals surface area contributed by atoms with Crippen molar-refractivity contribution < 1.29 is 25.8 Å². The maximum Gasteiger partial charge on any atom is 0.534 e. The van der Waals surface area contributed by atoms with Gasteiger partial charge in [-0.05, 0) is 81.9 Å². The summed E-state index contributed by atoms with van der Waals surface area (Å²) in [5, 5.41) is 3.78. The Kier molecular flexibility index (Phi) is 9.01. The molecule has 0 N–H and O–H groups in total. The smallest absolute Gasteiger partial charge is 0.376 e. The first-order valence-electron chi connectivity index (χ1n) is 18.6. The number of hydrogen-bond acceptors (Lipinski definition) is 6. The number of rotatable bonds is 8. The topological polar surface area (TPSA) is 46.6 Å². The molecule has 0 amide bonds. The molecule has 0 aliphatic heterocycles. The highest BCUT2D eigenvalue weighted by atomic mass is 32.2. The lowest BCUT2D eigenvalue weighted by Gasteiger charge is -2.26. The van der Waals surface area contributed by atoms with Gasteiger partial charge in [0.2, 0.25) is 0 Å². The maximum atomic E-state index is 13.8. The predicted octanol–water partition coefficient (Wildman–Crippen LogP) is 15.1. The van der Waals surface area contributed by atoms with Crippen molar-refractivity contribution in [3.05, 3.63) is 182 Å². The second-order valence-corrected chi connectivity index (χ2v) is 17.7. The first-order valence-corrected chi connectivity index (χ1v) is 21.7. The molecule has 0 unspecified atom stereocenters. The van der Waals surface area contributed by atoms with E-state index >= 15 is 0 Å². The first kappa shape index (κ1) is 36.9. The van der Waals surface area contributed by atoms with Crippen LogP contribution in [-0.2, 0) is 10.1 Å². The molecule has 0 spiro atoms. The molecule has 2 heterocycles. The van der Waals surface area contributed by atoms with E-state index < -0.39 is 21.4 Å². The lowest BCUT2D eigenvalue weighted by atomic mass is 9.98. The van der Waals surface area contributed by atoms with E-state index in [4.69, 9.17) is 4.18 Å². The summed E-state index contributed by atoms with van der Waals surface area (Å²) in [4.78, 5) is 1.91. The third-order valence-corrected chi connectivity index (χ3v) is 13.8. The van der Waals surface area contributed by atoms with E-state index in [1.165, 1.54) is 43.6 Å². The minimum Gasteiger partial charge on any atom is -0.376 e. The number of para-hydroxylation sites is 1. The van der Waals surface area contributed by atoms with Gasteiger partial charge in [-0.3, -0.25) is 0 Å². The van der Waals surface area contributed by atoms with Crippen LogP contribution in [0.3, 0.4) is 0 Å². The zero-order chi connectivity index (χ0) is 40.3. The summed E-state index contributed by atoms with van der Waals surface area (Å²) in [5.74, 6) is -0.448. The van der Waals surface area contributed by atoms with E-state index in [0.29, 0.717) is 11.1 Å². The van der Waals surface area contributed by atoms with E-state index in [-0.39, 0.29) is 0 Å². The van der Waals surface area contributed by atoms with E-state index in [2.05, 4.69) is 66.7 Å². The van der Waals surface area contributed by atoms with Crippen molar-refractivity contribution in [2.45, 2.75) is 5.51 Å². The summed E-state index contributed by atoms with van der Waals surface area (Å²) in [5.41, 5.74) is 2.41. The Hall–Kier alpha value is -6.46. The van der Waals surface area contributed by atoms with Crippen molar-refractivity contribution in [1.82, 2.24) is 0 Å². The Bertz CT molecular complexity index is 3290. The third kappa shape index (κ3) is 6.69. The zero-order valence-corrected chi connectivity index (χ0v) is 33.3. The number of hydrogen-bond donors (Lipinski definition) is 0. The molecule has 10 aromatic rings. The van der Waals surface area contributed by atoms with Gasteiger partial charge in [-0.1, -0.05) is 127 Å². The first-order chi connectivity index (χ1) is 28.6. The quantitative estimate of drug-likeness (QED) is 0.113. The third-order valence-electron chi connectivity index (χ3n) is 10.4. The normalized spacial score (nSPS) is 12.1. The fourth-order valence-electron chi connectivity index (χ4n) is 7.66. The second-order valence-electron chi connectivity index (χ2n) is 14.1. The van der Waals surface area contributed by atoms with Crippen LogP contribution in [-0.4, -0.2) is 13.9 Å². The molecule has 0 fully saturated rings. The zero-order valence-electron chi connectivity index (χ0n) is 30.9. The van der Waals surface area contributed by atoms with E-state index in [0.717, 1.165) is 59.5 Å². The lowest BCUT2D eigenvalue weighted by molar-refractivity contribution is -0.0500. The van der Waals surface area contributed by atoms with Crippen LogP contribution in [0.4, 0.5) is 30.2 Å². The molecule has 0 saturated heterocycles. The van der Waals surface area contributed by atoms with Crippen molar-refractivity contribution in [2.24, 2.45) is 0 Å². The molecule has 8 aromatic carbocycles. The van der Waals surface area contributed by atoms with Crippen LogP contribution >= 0.6 is 22.7 Å². The number of fused-ring (bicyclic) bond motifs is 6. The highest BCUT2D eigenvalue weighted by Gasteiger charge is 2.48. The average Bonchev–Trinajstić information content (AvgIpc) is 3.83. The second kappa shape index (κ2) is 14.4. The summed E-state index contributed by atoms with van der Waals surface area (Å²) in [6.07, 6.45) is 0. The Morgan fingerprint density at radius 2 is 1.02 bits per heavy atom. The van der Waals surface area contributed by atoms with Gasteiger partial charge in [0, 0.05) is 53.1 Å². The minimum atomic E-state index is -5.98. The molecule has 10 heteroatoms. The van der Waals surface area contributed by atoms with Crippen LogP contribution in [0.15, 0.2) is 182 Å². The van der Waals surface area contributed by atoms with Gasteiger partial charge in [-0.2, -0.15) is 21.6 Å². The van der Waals surface area contributed by atoms with Crippen molar-refractivity contribution in [1.29, 1.82) is 0 Å². The van der Waals surface area contributed by atoms with E-state index in [1.807, 2.05) is 108 Å². The number of anilines is 3. The summed E-state index contributed by atoms with van der Waals surface area (Å²) in [6, 6.07) is 59.1. The lowest BCUT2D eigenvalue weighted by Crippen LogP contribution is -2.28. The van der Waals surface area contributed by atoms with Crippen molar-refractivity contribution >= 4 is 90.2 Å². The molecule has 0 bridgehead atoms. The van der Waals surface area contributed by atoms with E-state index in [1.54, 1.807) is 11.3 Å². The maximum absolute atomic E-state index is 13.8. The average molecular weight is 834 g/mol. The van der Waals surface area contributed by atoms with Crippen LogP contribution in [0.5, 0.6) is 5.75 Å². The van der Waals surface area contributed by atoms with Gasteiger partial charge in [-0.25, -0.2) is 0 Å². The van der Waals surface area contributed by atoms with E-state index in [9.17, 15) is 21.6 Å². The van der Waals surface area contributed by atoms with Crippen molar-refractivity contribution in [3.63, 3.8) is 0 Å². The minimum absolute atomic E-state index is 0.448. The van der Waals surface area contributed by atoms with Crippen LogP contribution in [0, 0.1) is 0 Å². The molecule has 2 aromatic heterocycles. The Morgan fingerprint density at radius 3 is 1.76 bits per heavy atom. The predicted molar refractivity (Wildman–Crippen MR) is 239 cm³/mol. The van der Waals surface area contributed by atoms with Gasteiger partial charge in [0.1, 0.15) is 5.75 Å². The number of halogens is 3. The number of benzene rings is 8. The molecule has 0 saturated carbocycles. The molecule has 0 radical (unpaired) electrons. The SMILES string of the molecule is O=S(=O)(Oc1cc(N(c2ccccc2)c2ccc(-c3ccccc3)cc2)c2sc3ccc(-c4ccc(-c5cccc6c5sc5ccccc56)cc4)cc3c2c1)C(F)(F)F. The molecule has 59 heavy (non-hydrogen) atoms. The van der Waals surface area contributed by atoms with Gasteiger partial charge in [-0.15, -0.1) is 22.7 Å². The summed E-state index contributed by atoms with van der Waals surface area (Å²) in [7, 11) is -5.98. The fraction of sp³-hybridized carbons (Fsp3) is 0.0204. The van der Waals surface area contributed by atoms with Gasteiger partial charge < -0.3 is 9.08 Å². The van der Waals surface area contributed by atoms with Crippen LogP contribution in [0.2, 0.25) is 0 Å². The number of alkyl halides is 3. The number of thiophene rings is 2. The molecule has 10 rings (SSSR count). The Labute approximate surface area is 345 Å². The van der Waals surface area contributed by atoms with Crippen LogP contribution in [0.1, 0.15) is 0 Å². The fourth-order valence-corrected chi connectivity index (χ4v) is 10.5. The van der Waals surface area contributed by atoms with Gasteiger partial charge >= 0.3 is 15.6 Å². The standard InChI is InChI=1S/C49H30F3NO3S3/c50-49(51,52)59(54,55)56-38-29-43-42-28-35(33-18-20-34(21-19-33)39-15-9-16-41-40-14-7-8-17-45(40)57-47(39)41)24-27-46(42)58-48(43)44(30-38)53(36-12-5-2-6-13-36)37-25-22-32(23-26-37)31-10-3-1-4-11-31/h1-30H. The highest BCUT2D eigenvalue weighted by molar-refractivity contribution is 7.88. The van der Waals surface area contributed by atoms with Crippen molar-refractivity contribution in [2.75, 3.05) is 4.90 Å². The van der Waals surface area contributed by atoms with Gasteiger partial charge in [0.15, 0.2) is 0 Å². The summed E-state index contributed by atoms with van der Waals surface area (Å²) >= 11 is 3.26. The molecule has 0 aliphatic rings. The Balaban J connectivity index is 1.11. The van der Waals surface area contributed by atoms with Gasteiger partial charge in [0.25, 0.3) is 0 Å². The monoisotopic (exact) mass is 833 g/mol. The highest BCUT2D eigenvalue weighted by Crippen LogP contribution is 2.48. The summed E-state index contributed by atoms with van der Waals surface area (Å²) < 4.78 is 75.3. The molecule has 0 atom stereocenters. The van der Waals surface area contributed by atoms with Gasteiger partial charge in [0.05, 0.1) is 10.4 Å². The van der Waals surface area contributed by atoms with Crippen molar-refractivity contribution in [3.8, 4) is 39.1 Å². The number of nitrogens with zero attached hydrogens (tertiary/aromatic N) is 1. The van der Waals surface area contributed by atoms with Crippen LogP contribution in [0.25, 0.3) is 73.7 Å². The molecule has 288 valence electrons. The molecular formula is C49H30F3NO3S3. The molecule has 0 aliphatic carbocycles. The molecular weight excluding hydrogens is 804 g/mol.